The monoisotopic (exact) mass is 307 g/mol. The first-order chi connectivity index (χ1) is 10.2. The van der Waals surface area contributed by atoms with Gasteiger partial charge in [-0.15, -0.1) is 0 Å². The summed E-state index contributed by atoms with van der Waals surface area (Å²) in [5.74, 6) is 3.00. The summed E-state index contributed by atoms with van der Waals surface area (Å²) >= 11 is 5.98. The molecule has 4 nitrogen and oxygen atoms in total. The van der Waals surface area contributed by atoms with Crippen LogP contribution in [0.3, 0.4) is 0 Å². The Balaban J connectivity index is 1.60. The molecule has 3 unspecified atom stereocenters. The van der Waals surface area contributed by atoms with E-state index in [1.54, 1.807) is 12.1 Å². The Bertz CT molecular complexity index is 534. The quantitative estimate of drug-likeness (QED) is 0.820. The molecular formula is C16H22ClN3O. The first-order valence-electron chi connectivity index (χ1n) is 7.85. The van der Waals surface area contributed by atoms with E-state index in [1.807, 2.05) is 6.92 Å². The van der Waals surface area contributed by atoms with Crippen molar-refractivity contribution in [1.29, 1.82) is 0 Å². The number of aromatic nitrogens is 1. The molecule has 0 radical (unpaired) electrons. The minimum Gasteiger partial charge on any atom is -0.370 e. The molecule has 1 amide bonds. The Morgan fingerprint density at radius 2 is 2.24 bits per heavy atom. The van der Waals surface area contributed by atoms with Gasteiger partial charge >= 0.3 is 0 Å². The second-order valence-electron chi connectivity index (χ2n) is 6.24. The third-order valence-electron chi connectivity index (χ3n) is 4.82. The topological polar surface area (TPSA) is 54.0 Å². The Kier molecular flexibility index (Phi) is 4.34. The molecule has 0 aliphatic heterocycles. The van der Waals surface area contributed by atoms with Crippen LogP contribution < -0.4 is 10.6 Å². The van der Waals surface area contributed by atoms with Crippen LogP contribution in [0.25, 0.3) is 0 Å². The molecule has 1 aromatic heterocycles. The van der Waals surface area contributed by atoms with Crippen molar-refractivity contribution in [2.75, 3.05) is 18.4 Å². The number of nitrogens with one attached hydrogen (secondary N) is 2. The summed E-state index contributed by atoms with van der Waals surface area (Å²) in [7, 11) is 0. The SMILES string of the molecule is CCNc1cc(C(=O)NCC2CC3CCC2C3)cc(Cl)n1. The molecule has 2 aliphatic carbocycles. The number of hydrogen-bond acceptors (Lipinski definition) is 3. The average Bonchev–Trinajstić information content (AvgIpc) is 3.07. The number of rotatable bonds is 5. The lowest BCUT2D eigenvalue weighted by Gasteiger charge is -2.21. The lowest BCUT2D eigenvalue weighted by Crippen LogP contribution is -2.31. The fourth-order valence-corrected chi connectivity index (χ4v) is 4.06. The van der Waals surface area contributed by atoms with Crippen LogP contribution in [0.1, 0.15) is 43.0 Å². The van der Waals surface area contributed by atoms with Crippen LogP contribution in [0, 0.1) is 17.8 Å². The summed E-state index contributed by atoms with van der Waals surface area (Å²) in [4.78, 5) is 16.4. The number of nitrogens with zero attached hydrogens (tertiary/aromatic N) is 1. The molecule has 3 rings (SSSR count). The number of amides is 1. The highest BCUT2D eigenvalue weighted by molar-refractivity contribution is 6.29. The van der Waals surface area contributed by atoms with E-state index in [9.17, 15) is 4.79 Å². The van der Waals surface area contributed by atoms with Gasteiger partial charge in [0.1, 0.15) is 11.0 Å². The molecule has 2 saturated carbocycles. The van der Waals surface area contributed by atoms with E-state index in [-0.39, 0.29) is 5.91 Å². The lowest BCUT2D eigenvalue weighted by molar-refractivity contribution is 0.0941. The Labute approximate surface area is 130 Å². The fourth-order valence-electron chi connectivity index (χ4n) is 3.85. The third kappa shape index (κ3) is 3.31. The molecule has 2 bridgehead atoms. The number of pyridine rings is 1. The van der Waals surface area contributed by atoms with Gasteiger partial charge < -0.3 is 10.6 Å². The molecule has 0 aromatic carbocycles. The van der Waals surface area contributed by atoms with Crippen LogP contribution in [0.4, 0.5) is 5.82 Å². The van der Waals surface area contributed by atoms with Gasteiger partial charge in [-0.3, -0.25) is 4.79 Å². The zero-order valence-corrected chi connectivity index (χ0v) is 13.1. The van der Waals surface area contributed by atoms with Crippen LogP contribution in [0.2, 0.25) is 5.15 Å². The molecule has 114 valence electrons. The third-order valence-corrected chi connectivity index (χ3v) is 5.02. The number of halogens is 1. The smallest absolute Gasteiger partial charge is 0.251 e. The van der Waals surface area contributed by atoms with Gasteiger partial charge in [-0.2, -0.15) is 0 Å². The molecule has 2 N–H and O–H groups in total. The van der Waals surface area contributed by atoms with Crippen LogP contribution in [-0.4, -0.2) is 24.0 Å². The number of fused-ring (bicyclic) bond motifs is 2. The summed E-state index contributed by atoms with van der Waals surface area (Å²) in [5.41, 5.74) is 0.578. The van der Waals surface area contributed by atoms with Crippen molar-refractivity contribution in [2.45, 2.75) is 32.6 Å². The van der Waals surface area contributed by atoms with E-state index in [0.29, 0.717) is 22.5 Å². The highest BCUT2D eigenvalue weighted by Crippen LogP contribution is 2.47. The zero-order valence-electron chi connectivity index (χ0n) is 12.4. The van der Waals surface area contributed by atoms with Crippen molar-refractivity contribution in [3.8, 4) is 0 Å². The maximum Gasteiger partial charge on any atom is 0.251 e. The first kappa shape index (κ1) is 14.6. The highest BCUT2D eigenvalue weighted by Gasteiger charge is 2.39. The fraction of sp³-hybridized carbons (Fsp3) is 0.625. The van der Waals surface area contributed by atoms with Crippen molar-refractivity contribution in [2.24, 2.45) is 17.8 Å². The molecule has 5 heteroatoms. The van der Waals surface area contributed by atoms with Gasteiger partial charge in [0, 0.05) is 18.7 Å². The molecule has 0 spiro atoms. The van der Waals surface area contributed by atoms with Crippen LogP contribution in [-0.2, 0) is 0 Å². The standard InChI is InChI=1S/C16H22ClN3O/c1-2-18-15-8-12(7-14(17)20-15)16(21)19-9-13-6-10-3-4-11(13)5-10/h7-8,10-11,13H,2-6,9H2,1H3,(H,18,20)(H,19,21). The minimum atomic E-state index is -0.0544. The Morgan fingerprint density at radius 1 is 1.38 bits per heavy atom. The summed E-state index contributed by atoms with van der Waals surface area (Å²) in [6, 6.07) is 3.38. The summed E-state index contributed by atoms with van der Waals surface area (Å²) in [5, 5.41) is 6.50. The Morgan fingerprint density at radius 3 is 2.90 bits per heavy atom. The van der Waals surface area contributed by atoms with Crippen molar-refractivity contribution in [1.82, 2.24) is 10.3 Å². The lowest BCUT2D eigenvalue weighted by atomic mass is 9.89. The van der Waals surface area contributed by atoms with Crippen molar-refractivity contribution in [3.63, 3.8) is 0 Å². The zero-order chi connectivity index (χ0) is 14.8. The van der Waals surface area contributed by atoms with Crippen molar-refractivity contribution < 1.29 is 4.79 Å². The van der Waals surface area contributed by atoms with Crippen LogP contribution >= 0.6 is 11.6 Å². The summed E-state index contributed by atoms with van der Waals surface area (Å²) in [6.07, 6.45) is 5.38. The van der Waals surface area contributed by atoms with E-state index < -0.39 is 0 Å². The van der Waals surface area contributed by atoms with Crippen molar-refractivity contribution in [3.05, 3.63) is 22.8 Å². The van der Waals surface area contributed by atoms with Gasteiger partial charge in [0.15, 0.2) is 0 Å². The maximum absolute atomic E-state index is 12.3. The van der Waals surface area contributed by atoms with E-state index >= 15 is 0 Å². The second-order valence-corrected chi connectivity index (χ2v) is 6.63. The maximum atomic E-state index is 12.3. The van der Waals surface area contributed by atoms with E-state index in [4.69, 9.17) is 11.6 Å². The minimum absolute atomic E-state index is 0.0544. The number of carbonyl (C=O) groups is 1. The predicted molar refractivity (Wildman–Crippen MR) is 84.7 cm³/mol. The van der Waals surface area contributed by atoms with Gasteiger partial charge in [0.2, 0.25) is 0 Å². The van der Waals surface area contributed by atoms with Gasteiger partial charge in [-0.1, -0.05) is 18.0 Å². The Hall–Kier alpha value is -1.29. The molecule has 2 fully saturated rings. The number of carbonyl (C=O) groups excluding carboxylic acids is 1. The predicted octanol–water partition coefficient (Wildman–Crippen LogP) is 3.33. The molecule has 1 heterocycles. The second kappa shape index (κ2) is 6.22. The van der Waals surface area contributed by atoms with Gasteiger partial charge in [-0.05, 0) is 56.1 Å². The number of anilines is 1. The molecule has 3 atom stereocenters. The molecular weight excluding hydrogens is 286 g/mol. The van der Waals surface area contributed by atoms with E-state index in [0.717, 1.165) is 24.9 Å². The average molecular weight is 308 g/mol. The van der Waals surface area contributed by atoms with Crippen LogP contribution in [0.15, 0.2) is 12.1 Å². The number of hydrogen-bond donors (Lipinski definition) is 2. The summed E-state index contributed by atoms with van der Waals surface area (Å²) < 4.78 is 0. The van der Waals surface area contributed by atoms with E-state index in [2.05, 4.69) is 15.6 Å². The summed E-state index contributed by atoms with van der Waals surface area (Å²) in [6.45, 7) is 3.52. The molecule has 0 saturated heterocycles. The largest absolute Gasteiger partial charge is 0.370 e. The molecule has 1 aromatic rings. The first-order valence-corrected chi connectivity index (χ1v) is 8.23. The van der Waals surface area contributed by atoms with Gasteiger partial charge in [-0.25, -0.2) is 4.98 Å². The highest BCUT2D eigenvalue weighted by atomic mass is 35.5. The van der Waals surface area contributed by atoms with E-state index in [1.165, 1.54) is 25.7 Å². The van der Waals surface area contributed by atoms with Gasteiger partial charge in [0.25, 0.3) is 5.91 Å². The van der Waals surface area contributed by atoms with Gasteiger partial charge in [0.05, 0.1) is 0 Å². The van der Waals surface area contributed by atoms with Crippen molar-refractivity contribution >= 4 is 23.3 Å². The molecule has 2 aliphatic rings. The molecule has 21 heavy (non-hydrogen) atoms. The van der Waals surface area contributed by atoms with Crippen LogP contribution in [0.5, 0.6) is 0 Å². The normalized spacial score (nSPS) is 26.9.